The molecule has 22 heavy (non-hydrogen) atoms. The summed E-state index contributed by atoms with van der Waals surface area (Å²) in [6.45, 7) is 4.09. The highest BCUT2D eigenvalue weighted by atomic mass is 35.5. The minimum absolute atomic E-state index is 0.457. The molecule has 0 spiro atoms. The minimum Gasteiger partial charge on any atom is -0.490 e. The highest BCUT2D eigenvalue weighted by Crippen LogP contribution is 2.24. The lowest BCUT2D eigenvalue weighted by molar-refractivity contribution is 0.363. The summed E-state index contributed by atoms with van der Waals surface area (Å²) in [6, 6.07) is 14.7. The van der Waals surface area contributed by atoms with Gasteiger partial charge in [0, 0.05) is 16.1 Å². The minimum atomic E-state index is 0.457. The Hall–Kier alpha value is -2.59. The molecule has 0 fully saturated rings. The van der Waals surface area contributed by atoms with Gasteiger partial charge in [-0.1, -0.05) is 29.4 Å². The molecule has 0 saturated carbocycles. The number of aromatic nitrogens is 2. The molecule has 5 heteroatoms. The maximum Gasteiger partial charge on any atom is 0.258 e. The number of rotatable bonds is 5. The Bertz CT molecular complexity index is 764. The van der Waals surface area contributed by atoms with E-state index in [9.17, 15) is 0 Å². The standard InChI is InChI=1S/C17H13ClN2O2/c1-2-11-21-15-9-5-12(6-10-15)16-19-17(22-20-16)13-3-7-14(18)8-4-13/h2-10H,1,11H2. The Labute approximate surface area is 133 Å². The van der Waals surface area contributed by atoms with Gasteiger partial charge < -0.3 is 9.26 Å². The smallest absolute Gasteiger partial charge is 0.258 e. The molecule has 0 saturated heterocycles. The predicted octanol–water partition coefficient (Wildman–Crippen LogP) is 4.62. The van der Waals surface area contributed by atoms with Crippen LogP contribution in [0.4, 0.5) is 0 Å². The summed E-state index contributed by atoms with van der Waals surface area (Å²) in [4.78, 5) is 4.39. The van der Waals surface area contributed by atoms with Gasteiger partial charge >= 0.3 is 0 Å². The molecule has 3 aromatic rings. The van der Waals surface area contributed by atoms with Crippen LogP contribution >= 0.6 is 11.6 Å². The summed E-state index contributed by atoms with van der Waals surface area (Å²) in [7, 11) is 0. The Balaban J connectivity index is 1.81. The molecule has 0 radical (unpaired) electrons. The van der Waals surface area contributed by atoms with Crippen molar-refractivity contribution in [3.63, 3.8) is 0 Å². The van der Waals surface area contributed by atoms with Crippen molar-refractivity contribution in [2.75, 3.05) is 6.61 Å². The quantitative estimate of drug-likeness (QED) is 0.645. The molecule has 1 aromatic heterocycles. The van der Waals surface area contributed by atoms with Gasteiger partial charge in [0.1, 0.15) is 12.4 Å². The van der Waals surface area contributed by atoms with Gasteiger partial charge in [-0.2, -0.15) is 4.98 Å². The van der Waals surface area contributed by atoms with Crippen molar-refractivity contribution in [1.82, 2.24) is 10.1 Å². The summed E-state index contributed by atoms with van der Waals surface area (Å²) in [5, 5.41) is 4.67. The van der Waals surface area contributed by atoms with Crippen LogP contribution in [0.15, 0.2) is 65.7 Å². The molecule has 0 atom stereocenters. The number of hydrogen-bond acceptors (Lipinski definition) is 4. The summed E-state index contributed by atoms with van der Waals surface area (Å²) in [5.74, 6) is 1.75. The van der Waals surface area contributed by atoms with Crippen molar-refractivity contribution in [2.24, 2.45) is 0 Å². The Morgan fingerprint density at radius 3 is 2.41 bits per heavy atom. The van der Waals surface area contributed by atoms with Gasteiger partial charge in [0.25, 0.3) is 5.89 Å². The van der Waals surface area contributed by atoms with E-state index in [0.717, 1.165) is 16.9 Å². The lowest BCUT2D eigenvalue weighted by atomic mass is 10.2. The van der Waals surface area contributed by atoms with Crippen LogP contribution in [0, 0.1) is 0 Å². The van der Waals surface area contributed by atoms with Gasteiger partial charge in [-0.05, 0) is 48.5 Å². The van der Waals surface area contributed by atoms with E-state index in [-0.39, 0.29) is 0 Å². The monoisotopic (exact) mass is 312 g/mol. The van der Waals surface area contributed by atoms with Gasteiger partial charge in [0.15, 0.2) is 0 Å². The maximum absolute atomic E-state index is 5.87. The lowest BCUT2D eigenvalue weighted by Gasteiger charge is -2.02. The van der Waals surface area contributed by atoms with E-state index in [4.69, 9.17) is 20.9 Å². The third kappa shape index (κ3) is 3.18. The van der Waals surface area contributed by atoms with Gasteiger partial charge in [0.05, 0.1) is 0 Å². The second-order valence-corrected chi connectivity index (χ2v) is 4.99. The lowest BCUT2D eigenvalue weighted by Crippen LogP contribution is -1.92. The van der Waals surface area contributed by atoms with E-state index in [0.29, 0.717) is 23.3 Å². The van der Waals surface area contributed by atoms with E-state index in [1.165, 1.54) is 0 Å². The highest BCUT2D eigenvalue weighted by molar-refractivity contribution is 6.30. The van der Waals surface area contributed by atoms with Crippen LogP contribution < -0.4 is 4.74 Å². The molecule has 3 rings (SSSR count). The summed E-state index contributed by atoms with van der Waals surface area (Å²) in [6.07, 6.45) is 1.70. The van der Waals surface area contributed by atoms with Gasteiger partial charge in [-0.3, -0.25) is 0 Å². The van der Waals surface area contributed by atoms with Crippen LogP contribution in [0.5, 0.6) is 5.75 Å². The highest BCUT2D eigenvalue weighted by Gasteiger charge is 2.10. The van der Waals surface area contributed by atoms with Crippen LogP contribution in [-0.2, 0) is 0 Å². The van der Waals surface area contributed by atoms with Crippen molar-refractivity contribution in [3.8, 4) is 28.6 Å². The van der Waals surface area contributed by atoms with Crippen molar-refractivity contribution >= 4 is 11.6 Å². The number of nitrogens with zero attached hydrogens (tertiary/aromatic N) is 2. The fraction of sp³-hybridized carbons (Fsp3) is 0.0588. The average molecular weight is 313 g/mol. The molecular weight excluding hydrogens is 300 g/mol. The summed E-state index contributed by atoms with van der Waals surface area (Å²) >= 11 is 5.87. The first kappa shape index (κ1) is 14.4. The summed E-state index contributed by atoms with van der Waals surface area (Å²) in [5.41, 5.74) is 1.68. The Morgan fingerprint density at radius 2 is 1.73 bits per heavy atom. The zero-order valence-corrected chi connectivity index (χ0v) is 12.5. The van der Waals surface area contributed by atoms with Gasteiger partial charge in [0.2, 0.25) is 5.82 Å². The van der Waals surface area contributed by atoms with E-state index >= 15 is 0 Å². The molecule has 2 aromatic carbocycles. The van der Waals surface area contributed by atoms with Crippen molar-refractivity contribution in [3.05, 3.63) is 66.2 Å². The third-order valence-corrected chi connectivity index (χ3v) is 3.25. The van der Waals surface area contributed by atoms with Crippen molar-refractivity contribution < 1.29 is 9.26 Å². The first-order valence-electron chi connectivity index (χ1n) is 6.70. The average Bonchev–Trinajstić information content (AvgIpc) is 3.04. The van der Waals surface area contributed by atoms with Gasteiger partial charge in [-0.15, -0.1) is 0 Å². The molecule has 0 aliphatic rings. The largest absolute Gasteiger partial charge is 0.490 e. The summed E-state index contributed by atoms with van der Waals surface area (Å²) < 4.78 is 10.7. The molecule has 0 unspecified atom stereocenters. The van der Waals surface area contributed by atoms with Crippen LogP contribution in [0.25, 0.3) is 22.8 Å². The number of halogens is 1. The Morgan fingerprint density at radius 1 is 1.05 bits per heavy atom. The maximum atomic E-state index is 5.87. The second-order valence-electron chi connectivity index (χ2n) is 4.55. The number of ether oxygens (including phenoxy) is 1. The van der Waals surface area contributed by atoms with E-state index in [1.54, 1.807) is 18.2 Å². The number of hydrogen-bond donors (Lipinski definition) is 0. The van der Waals surface area contributed by atoms with Crippen LogP contribution in [0.1, 0.15) is 0 Å². The molecule has 0 bridgehead atoms. The Kier molecular flexibility index (Phi) is 4.21. The van der Waals surface area contributed by atoms with E-state index in [1.807, 2.05) is 36.4 Å². The molecule has 4 nitrogen and oxygen atoms in total. The molecule has 0 aliphatic carbocycles. The first-order valence-corrected chi connectivity index (χ1v) is 7.08. The van der Waals surface area contributed by atoms with E-state index < -0.39 is 0 Å². The topological polar surface area (TPSA) is 48.2 Å². The van der Waals surface area contributed by atoms with Crippen molar-refractivity contribution in [2.45, 2.75) is 0 Å². The van der Waals surface area contributed by atoms with Crippen LogP contribution in [0.2, 0.25) is 5.02 Å². The molecule has 0 amide bonds. The second kappa shape index (κ2) is 6.45. The van der Waals surface area contributed by atoms with Gasteiger partial charge in [-0.25, -0.2) is 0 Å². The number of benzene rings is 2. The fourth-order valence-electron chi connectivity index (χ4n) is 1.91. The zero-order chi connectivity index (χ0) is 15.4. The van der Waals surface area contributed by atoms with Crippen LogP contribution in [-0.4, -0.2) is 16.7 Å². The SMILES string of the molecule is C=CCOc1ccc(-c2noc(-c3ccc(Cl)cc3)n2)cc1. The zero-order valence-electron chi connectivity index (χ0n) is 11.7. The molecule has 110 valence electrons. The predicted molar refractivity (Wildman–Crippen MR) is 85.9 cm³/mol. The molecular formula is C17H13ClN2O2. The van der Waals surface area contributed by atoms with Crippen molar-refractivity contribution in [1.29, 1.82) is 0 Å². The molecule has 1 heterocycles. The van der Waals surface area contributed by atoms with E-state index in [2.05, 4.69) is 16.7 Å². The molecule has 0 N–H and O–H groups in total. The molecule has 0 aliphatic heterocycles. The third-order valence-electron chi connectivity index (χ3n) is 3.00. The normalized spacial score (nSPS) is 10.4. The fourth-order valence-corrected chi connectivity index (χ4v) is 2.03. The first-order chi connectivity index (χ1) is 10.8. The van der Waals surface area contributed by atoms with Crippen LogP contribution in [0.3, 0.4) is 0 Å².